The van der Waals surface area contributed by atoms with Gasteiger partial charge in [-0.2, -0.15) is 0 Å². The molecule has 1 nitrogen and oxygen atoms in total. The Kier molecular flexibility index (Phi) is 6.59. The highest BCUT2D eigenvalue weighted by atomic mass is 16.3. The number of fused-ring (bicyclic) bond motifs is 4. The lowest BCUT2D eigenvalue weighted by molar-refractivity contribution is 0.00280. The molecule has 0 bridgehead atoms. The van der Waals surface area contributed by atoms with E-state index in [1.54, 1.807) is 0 Å². The summed E-state index contributed by atoms with van der Waals surface area (Å²) in [6.45, 7) is 19.3. The second-order valence-electron chi connectivity index (χ2n) is 12.9. The number of hydrogen-bond acceptors (Lipinski definition) is 1. The maximum atomic E-state index is 10.4. The number of rotatable bonds is 6. The Morgan fingerprint density at radius 3 is 2.39 bits per heavy atom. The average molecular weight is 427 g/mol. The Balaban J connectivity index is 1.54. The Morgan fingerprint density at radius 1 is 0.968 bits per heavy atom. The van der Waals surface area contributed by atoms with Crippen molar-refractivity contribution in [2.24, 2.45) is 46.3 Å². The lowest BCUT2D eigenvalue weighted by atomic mass is 9.48. The normalized spacial score (nSPS) is 42.3. The van der Waals surface area contributed by atoms with E-state index in [-0.39, 0.29) is 6.10 Å². The van der Waals surface area contributed by atoms with E-state index in [1.807, 2.05) is 11.1 Å². The fourth-order valence-electron chi connectivity index (χ4n) is 9.17. The van der Waals surface area contributed by atoms with Gasteiger partial charge in [-0.3, -0.25) is 0 Å². The molecule has 4 aliphatic rings. The van der Waals surface area contributed by atoms with Gasteiger partial charge in [-0.1, -0.05) is 72.1 Å². The highest BCUT2D eigenvalue weighted by Crippen LogP contribution is 2.66. The maximum absolute atomic E-state index is 10.4. The SMILES string of the molecule is C=C1[C@@H](O)CC[C@]2(C)C3CC[C@@]4(C)C(=C3CC[C@@H]12)CC[C@@H]4[C@H](C)CCC(CC)C(C)C. The second-order valence-corrected chi connectivity index (χ2v) is 12.9. The lowest BCUT2D eigenvalue weighted by Gasteiger charge is -2.57. The lowest BCUT2D eigenvalue weighted by Crippen LogP contribution is -2.49. The first-order valence-corrected chi connectivity index (χ1v) is 13.7. The van der Waals surface area contributed by atoms with Crippen LogP contribution < -0.4 is 0 Å². The van der Waals surface area contributed by atoms with Crippen molar-refractivity contribution in [3.63, 3.8) is 0 Å². The van der Waals surface area contributed by atoms with Crippen molar-refractivity contribution in [2.45, 2.75) is 118 Å². The van der Waals surface area contributed by atoms with Gasteiger partial charge in [0.1, 0.15) is 0 Å². The fourth-order valence-corrected chi connectivity index (χ4v) is 9.17. The van der Waals surface area contributed by atoms with Crippen LogP contribution in [0.4, 0.5) is 0 Å². The quantitative estimate of drug-likeness (QED) is 0.423. The van der Waals surface area contributed by atoms with E-state index in [0.29, 0.717) is 16.7 Å². The monoisotopic (exact) mass is 426 g/mol. The minimum absolute atomic E-state index is 0.254. The second kappa shape index (κ2) is 8.66. The van der Waals surface area contributed by atoms with E-state index in [1.165, 1.54) is 64.2 Å². The van der Waals surface area contributed by atoms with Crippen LogP contribution in [0.15, 0.2) is 23.3 Å². The number of hydrogen-bond donors (Lipinski definition) is 1. The van der Waals surface area contributed by atoms with Crippen LogP contribution in [0.1, 0.15) is 112 Å². The van der Waals surface area contributed by atoms with Gasteiger partial charge in [-0.15, -0.1) is 0 Å². The van der Waals surface area contributed by atoms with E-state index in [9.17, 15) is 5.11 Å². The summed E-state index contributed by atoms with van der Waals surface area (Å²) in [6, 6.07) is 0. The maximum Gasteiger partial charge on any atom is 0.0750 e. The van der Waals surface area contributed by atoms with Gasteiger partial charge >= 0.3 is 0 Å². The van der Waals surface area contributed by atoms with Crippen LogP contribution in [0.2, 0.25) is 0 Å². The molecule has 0 aromatic rings. The van der Waals surface area contributed by atoms with Gasteiger partial charge in [-0.05, 0) is 110 Å². The van der Waals surface area contributed by atoms with Crippen molar-refractivity contribution in [1.29, 1.82) is 0 Å². The molecule has 3 saturated carbocycles. The van der Waals surface area contributed by atoms with Gasteiger partial charge in [-0.25, -0.2) is 0 Å². The number of allylic oxidation sites excluding steroid dienone is 2. The molecule has 0 heterocycles. The molecule has 1 N–H and O–H groups in total. The summed E-state index contributed by atoms with van der Waals surface area (Å²) in [5.41, 5.74) is 5.72. The van der Waals surface area contributed by atoms with Gasteiger partial charge in [0.15, 0.2) is 0 Å². The van der Waals surface area contributed by atoms with Crippen molar-refractivity contribution in [2.75, 3.05) is 0 Å². The first kappa shape index (κ1) is 23.6. The van der Waals surface area contributed by atoms with Crippen LogP contribution >= 0.6 is 0 Å². The summed E-state index contributed by atoms with van der Waals surface area (Å²) in [5.74, 6) is 4.74. The summed E-state index contributed by atoms with van der Waals surface area (Å²) in [5, 5.41) is 10.4. The molecular weight excluding hydrogens is 376 g/mol. The van der Waals surface area contributed by atoms with E-state index >= 15 is 0 Å². The zero-order chi connectivity index (χ0) is 22.6. The highest BCUT2D eigenvalue weighted by molar-refractivity contribution is 5.36. The number of aliphatic hydroxyl groups excluding tert-OH is 1. The molecule has 0 saturated heterocycles. The molecule has 0 spiro atoms. The predicted molar refractivity (Wildman–Crippen MR) is 133 cm³/mol. The highest BCUT2D eigenvalue weighted by Gasteiger charge is 2.56. The molecule has 1 heteroatoms. The van der Waals surface area contributed by atoms with E-state index in [2.05, 4.69) is 48.1 Å². The molecule has 0 aromatic heterocycles. The van der Waals surface area contributed by atoms with E-state index in [4.69, 9.17) is 0 Å². The van der Waals surface area contributed by atoms with Crippen molar-refractivity contribution < 1.29 is 5.11 Å². The van der Waals surface area contributed by atoms with Gasteiger partial charge in [0.2, 0.25) is 0 Å². The summed E-state index contributed by atoms with van der Waals surface area (Å²) in [7, 11) is 0. The standard InChI is InChI=1S/C30H50O/c1-8-22(19(2)3)10-9-20(4)24-13-14-26-23-11-12-25-21(5)28(31)16-18-30(25,7)27(23)15-17-29(24,26)6/h19-20,22,24-25,27-28,31H,5,8-18H2,1-4,6-7H3/t20-,22?,24-,25+,27?,28+,29-,30+/m1/s1. The van der Waals surface area contributed by atoms with Gasteiger partial charge in [0.05, 0.1) is 6.10 Å². The Morgan fingerprint density at radius 2 is 1.71 bits per heavy atom. The molecule has 0 aliphatic heterocycles. The van der Waals surface area contributed by atoms with Crippen LogP contribution in [-0.2, 0) is 0 Å². The van der Waals surface area contributed by atoms with Gasteiger partial charge in [0.25, 0.3) is 0 Å². The van der Waals surface area contributed by atoms with Crippen molar-refractivity contribution in [3.8, 4) is 0 Å². The third kappa shape index (κ3) is 3.79. The molecular formula is C30H50O. The Labute approximate surface area is 193 Å². The summed E-state index contributed by atoms with van der Waals surface area (Å²) in [4.78, 5) is 0. The third-order valence-electron chi connectivity index (χ3n) is 11.2. The van der Waals surface area contributed by atoms with Crippen molar-refractivity contribution >= 4 is 0 Å². The van der Waals surface area contributed by atoms with E-state index < -0.39 is 0 Å². The molecule has 0 radical (unpaired) electrons. The van der Waals surface area contributed by atoms with Gasteiger partial charge in [0, 0.05) is 0 Å². The van der Waals surface area contributed by atoms with Crippen LogP contribution in [0.25, 0.3) is 0 Å². The molecule has 2 unspecified atom stereocenters. The smallest absolute Gasteiger partial charge is 0.0750 e. The topological polar surface area (TPSA) is 20.2 Å². The van der Waals surface area contributed by atoms with Gasteiger partial charge < -0.3 is 5.11 Å². The zero-order valence-electron chi connectivity index (χ0n) is 21.5. The Bertz CT molecular complexity index is 716. The summed E-state index contributed by atoms with van der Waals surface area (Å²) < 4.78 is 0. The summed E-state index contributed by atoms with van der Waals surface area (Å²) >= 11 is 0. The first-order chi connectivity index (χ1) is 14.6. The van der Waals surface area contributed by atoms with Crippen LogP contribution in [0.5, 0.6) is 0 Å². The molecule has 31 heavy (non-hydrogen) atoms. The molecule has 4 aliphatic carbocycles. The van der Waals surface area contributed by atoms with Crippen molar-refractivity contribution in [3.05, 3.63) is 23.3 Å². The third-order valence-corrected chi connectivity index (χ3v) is 11.2. The number of aliphatic hydroxyl groups is 1. The fraction of sp³-hybridized carbons (Fsp3) is 0.867. The molecule has 4 rings (SSSR count). The van der Waals surface area contributed by atoms with Crippen LogP contribution in [0.3, 0.4) is 0 Å². The van der Waals surface area contributed by atoms with Crippen LogP contribution in [0, 0.1) is 46.3 Å². The molecule has 3 fully saturated rings. The minimum Gasteiger partial charge on any atom is -0.389 e. The molecule has 8 atom stereocenters. The minimum atomic E-state index is -0.254. The molecule has 0 amide bonds. The Hall–Kier alpha value is -0.560. The summed E-state index contributed by atoms with van der Waals surface area (Å²) in [6.07, 6.45) is 14.1. The largest absolute Gasteiger partial charge is 0.389 e. The zero-order valence-corrected chi connectivity index (χ0v) is 21.5. The predicted octanol–water partition coefficient (Wildman–Crippen LogP) is 8.34. The molecule has 0 aromatic carbocycles. The first-order valence-electron chi connectivity index (χ1n) is 13.7. The van der Waals surface area contributed by atoms with E-state index in [0.717, 1.165) is 41.6 Å². The molecule has 176 valence electrons. The van der Waals surface area contributed by atoms with Crippen LogP contribution in [-0.4, -0.2) is 11.2 Å². The average Bonchev–Trinajstić information content (AvgIpc) is 3.08. The van der Waals surface area contributed by atoms with Crippen molar-refractivity contribution in [1.82, 2.24) is 0 Å².